The average molecular weight is 604 g/mol. The number of rotatable bonds is 6. The highest BCUT2D eigenvalue weighted by Crippen LogP contribution is 2.39. The minimum Gasteiger partial charge on any atom is -0.372 e. The van der Waals surface area contributed by atoms with Crippen LogP contribution in [-0.2, 0) is 27.7 Å². The molecule has 1 atom stereocenters. The van der Waals surface area contributed by atoms with Gasteiger partial charge in [0.15, 0.2) is 0 Å². The minimum atomic E-state index is -3.65. The quantitative estimate of drug-likeness (QED) is 0.342. The van der Waals surface area contributed by atoms with Crippen molar-refractivity contribution in [2.45, 2.75) is 105 Å². The maximum Gasteiger partial charge on any atom is 0.227 e. The predicted octanol–water partition coefficient (Wildman–Crippen LogP) is 6.33. The first kappa shape index (κ1) is 29.7. The maximum atomic E-state index is 13.8. The molecule has 6 rings (SSSR count). The molecule has 3 aliphatic rings. The molecule has 43 heavy (non-hydrogen) atoms. The van der Waals surface area contributed by atoms with E-state index in [-0.39, 0.29) is 22.3 Å². The van der Waals surface area contributed by atoms with Gasteiger partial charge in [0.2, 0.25) is 21.7 Å². The van der Waals surface area contributed by atoms with Gasteiger partial charge in [0, 0.05) is 44.3 Å². The molecule has 1 amide bonds. The third-order valence-corrected chi connectivity index (χ3v) is 11.5. The molecule has 0 radical (unpaired) electrons. The maximum absolute atomic E-state index is 13.8. The molecule has 8 nitrogen and oxygen atoms in total. The van der Waals surface area contributed by atoms with Crippen LogP contribution in [0.25, 0.3) is 0 Å². The molecule has 230 valence electrons. The van der Waals surface area contributed by atoms with Crippen molar-refractivity contribution in [1.82, 2.24) is 14.9 Å². The zero-order valence-corrected chi connectivity index (χ0v) is 26.0. The van der Waals surface area contributed by atoms with Gasteiger partial charge in [-0.15, -0.1) is 0 Å². The molecule has 2 aromatic carbocycles. The summed E-state index contributed by atoms with van der Waals surface area (Å²) in [5.41, 5.74) is 1.54. The SMILES string of the molecule is O=C(NCc1ccc(S(=O)(=O)c2cccc(N3CCCCC3)c2)cc1)C1Cn2ccnc2NC12CCCCCCCCC2. The van der Waals surface area contributed by atoms with E-state index >= 15 is 0 Å². The highest BCUT2D eigenvalue weighted by Gasteiger charge is 2.46. The van der Waals surface area contributed by atoms with Crippen molar-refractivity contribution in [3.63, 3.8) is 0 Å². The van der Waals surface area contributed by atoms with Gasteiger partial charge in [-0.1, -0.05) is 63.1 Å². The summed E-state index contributed by atoms with van der Waals surface area (Å²) in [5.74, 6) is 0.690. The molecule has 1 aliphatic carbocycles. The molecule has 9 heteroatoms. The van der Waals surface area contributed by atoms with Crippen LogP contribution in [0, 0.1) is 5.92 Å². The summed E-state index contributed by atoms with van der Waals surface area (Å²) in [6.45, 7) is 2.89. The van der Waals surface area contributed by atoms with Crippen LogP contribution < -0.4 is 15.5 Å². The molecule has 1 saturated carbocycles. The lowest BCUT2D eigenvalue weighted by atomic mass is 9.73. The molecular weight excluding hydrogens is 558 g/mol. The fourth-order valence-corrected chi connectivity index (χ4v) is 8.49. The summed E-state index contributed by atoms with van der Waals surface area (Å²) in [6.07, 6.45) is 17.6. The Morgan fingerprint density at radius 2 is 1.56 bits per heavy atom. The Labute approximate surface area is 256 Å². The van der Waals surface area contributed by atoms with Gasteiger partial charge in [0.1, 0.15) is 0 Å². The molecule has 0 bridgehead atoms. The monoisotopic (exact) mass is 603 g/mol. The second-order valence-electron chi connectivity index (χ2n) is 12.6. The largest absolute Gasteiger partial charge is 0.372 e. The van der Waals surface area contributed by atoms with Crippen LogP contribution in [0.3, 0.4) is 0 Å². The fraction of sp³-hybridized carbons (Fsp3) is 0.529. The van der Waals surface area contributed by atoms with Gasteiger partial charge in [-0.2, -0.15) is 0 Å². The second-order valence-corrected chi connectivity index (χ2v) is 14.6. The first-order valence-corrected chi connectivity index (χ1v) is 17.7. The van der Waals surface area contributed by atoms with Crippen LogP contribution >= 0.6 is 0 Å². The van der Waals surface area contributed by atoms with E-state index in [9.17, 15) is 13.2 Å². The lowest BCUT2D eigenvalue weighted by Gasteiger charge is -2.45. The van der Waals surface area contributed by atoms with Crippen LogP contribution in [0.5, 0.6) is 0 Å². The van der Waals surface area contributed by atoms with E-state index in [0.29, 0.717) is 18.0 Å². The highest BCUT2D eigenvalue weighted by atomic mass is 32.2. The third-order valence-electron chi connectivity index (χ3n) is 9.73. The second kappa shape index (κ2) is 13.1. The first-order chi connectivity index (χ1) is 20.9. The standard InChI is InChI=1S/C34H45N5O3S/c40-32(31-26-39-23-20-35-33(39)37-34(31)18-7-4-2-1-3-5-8-19-34)36-25-27-14-16-29(17-15-27)43(41,42)30-13-11-12-28(24-30)38-21-9-6-10-22-38/h11-17,20,23-24,31H,1-10,18-19,21-22,25-26H2,(H,35,37)(H,36,40). The van der Waals surface area contributed by atoms with E-state index in [1.807, 2.05) is 35.0 Å². The van der Waals surface area contributed by atoms with E-state index in [1.165, 1.54) is 38.5 Å². The number of aromatic nitrogens is 2. The normalized spacial score (nSPS) is 21.0. The highest BCUT2D eigenvalue weighted by molar-refractivity contribution is 7.91. The van der Waals surface area contributed by atoms with Gasteiger partial charge < -0.3 is 20.1 Å². The number of nitrogens with one attached hydrogen (secondary N) is 2. The van der Waals surface area contributed by atoms with Gasteiger partial charge in [0.25, 0.3) is 0 Å². The molecule has 2 aliphatic heterocycles. The van der Waals surface area contributed by atoms with E-state index in [2.05, 4.69) is 20.5 Å². The minimum absolute atomic E-state index is 0.0372. The number of anilines is 2. The zero-order valence-electron chi connectivity index (χ0n) is 25.1. The van der Waals surface area contributed by atoms with E-state index in [4.69, 9.17) is 0 Å². The Morgan fingerprint density at radius 3 is 2.28 bits per heavy atom. The van der Waals surface area contributed by atoms with Gasteiger partial charge in [-0.05, 0) is 68.0 Å². The van der Waals surface area contributed by atoms with Crippen molar-refractivity contribution in [3.05, 3.63) is 66.5 Å². The van der Waals surface area contributed by atoms with Crippen LogP contribution in [0.4, 0.5) is 11.6 Å². The number of fused-ring (bicyclic) bond motifs is 1. The third kappa shape index (κ3) is 6.61. The van der Waals surface area contributed by atoms with Gasteiger partial charge in [0.05, 0.1) is 21.2 Å². The summed E-state index contributed by atoms with van der Waals surface area (Å²) in [4.78, 5) is 21.2. The number of hydrogen-bond acceptors (Lipinski definition) is 6. The number of nitrogens with zero attached hydrogens (tertiary/aromatic N) is 3. The summed E-state index contributed by atoms with van der Waals surface area (Å²) in [6, 6.07) is 14.3. The van der Waals surface area contributed by atoms with E-state index in [1.54, 1.807) is 30.5 Å². The topological polar surface area (TPSA) is 96.3 Å². The number of benzene rings is 2. The molecule has 3 heterocycles. The molecular formula is C34H45N5O3S. The van der Waals surface area contributed by atoms with Crippen LogP contribution in [0.15, 0.2) is 70.7 Å². The van der Waals surface area contributed by atoms with Crippen molar-refractivity contribution in [2.75, 3.05) is 23.3 Å². The number of carbonyl (C=O) groups excluding carboxylic acids is 1. The molecule has 1 spiro atoms. The van der Waals surface area contributed by atoms with Crippen LogP contribution in [0.2, 0.25) is 0 Å². The van der Waals surface area contributed by atoms with Crippen LogP contribution in [0.1, 0.15) is 82.6 Å². The molecule has 3 aromatic rings. The molecule has 2 fully saturated rings. The van der Waals surface area contributed by atoms with Gasteiger partial charge >= 0.3 is 0 Å². The zero-order chi connectivity index (χ0) is 29.7. The Bertz CT molecular complexity index is 1480. The van der Waals surface area contributed by atoms with E-state index < -0.39 is 9.84 Å². The summed E-state index contributed by atoms with van der Waals surface area (Å²) in [5, 5.41) is 6.92. The van der Waals surface area contributed by atoms with Crippen LogP contribution in [-0.4, -0.2) is 42.5 Å². The van der Waals surface area contributed by atoms with Gasteiger partial charge in [-0.25, -0.2) is 13.4 Å². The Balaban J connectivity index is 1.14. The number of hydrogen-bond donors (Lipinski definition) is 2. The van der Waals surface area contributed by atoms with E-state index in [0.717, 1.165) is 68.8 Å². The fourth-order valence-electron chi connectivity index (χ4n) is 7.19. The number of carbonyl (C=O) groups is 1. The Hall–Kier alpha value is -3.33. The lowest BCUT2D eigenvalue weighted by molar-refractivity contribution is -0.128. The van der Waals surface area contributed by atoms with Gasteiger partial charge in [-0.3, -0.25) is 4.79 Å². The van der Waals surface area contributed by atoms with Crippen molar-refractivity contribution >= 4 is 27.4 Å². The Kier molecular flexibility index (Phi) is 9.07. The number of amides is 1. The van der Waals surface area contributed by atoms with Crippen molar-refractivity contribution in [2.24, 2.45) is 5.92 Å². The number of imidazole rings is 1. The molecule has 1 saturated heterocycles. The smallest absolute Gasteiger partial charge is 0.227 e. The average Bonchev–Trinajstić information content (AvgIpc) is 3.50. The summed E-state index contributed by atoms with van der Waals surface area (Å²) < 4.78 is 29.0. The summed E-state index contributed by atoms with van der Waals surface area (Å²) in [7, 11) is -3.65. The van der Waals surface area contributed by atoms with Crippen molar-refractivity contribution < 1.29 is 13.2 Å². The predicted molar refractivity (Wildman–Crippen MR) is 170 cm³/mol. The lowest BCUT2D eigenvalue weighted by Crippen LogP contribution is -2.56. The number of piperidine rings is 1. The first-order valence-electron chi connectivity index (χ1n) is 16.2. The van der Waals surface area contributed by atoms with Crippen molar-refractivity contribution in [3.8, 4) is 0 Å². The van der Waals surface area contributed by atoms with Crippen molar-refractivity contribution in [1.29, 1.82) is 0 Å². The Morgan fingerprint density at radius 1 is 0.884 bits per heavy atom. The molecule has 1 aromatic heterocycles. The molecule has 2 N–H and O–H groups in total. The summed E-state index contributed by atoms with van der Waals surface area (Å²) >= 11 is 0. The number of sulfone groups is 1. The molecule has 1 unspecified atom stereocenters.